The zero-order valence-electron chi connectivity index (χ0n) is 18.2. The molecule has 4 aromatic rings. The maximum atomic E-state index is 5.50. The van der Waals surface area contributed by atoms with Crippen LogP contribution in [0.5, 0.6) is 0 Å². The van der Waals surface area contributed by atoms with Crippen LogP contribution in [0.4, 0.5) is 5.69 Å². The van der Waals surface area contributed by atoms with Crippen LogP contribution in [0.15, 0.2) is 111 Å². The van der Waals surface area contributed by atoms with Gasteiger partial charge < -0.3 is 9.32 Å². The van der Waals surface area contributed by atoms with Crippen molar-refractivity contribution in [2.45, 2.75) is 23.3 Å². The minimum Gasteiger partial charge on any atom is -0.467 e. The van der Waals surface area contributed by atoms with Crippen molar-refractivity contribution < 1.29 is 4.42 Å². The molecule has 0 atom stereocenters. The number of aryl methyl sites for hydroxylation is 1. The number of hydrogen-bond donors (Lipinski definition) is 0. The largest absolute Gasteiger partial charge is 0.467 e. The van der Waals surface area contributed by atoms with Gasteiger partial charge in [-0.05, 0) is 42.8 Å². The van der Waals surface area contributed by atoms with Gasteiger partial charge in [-0.15, -0.1) is 0 Å². The van der Waals surface area contributed by atoms with Crippen molar-refractivity contribution in [3.8, 4) is 0 Å². The van der Waals surface area contributed by atoms with E-state index in [-0.39, 0.29) is 0 Å². The van der Waals surface area contributed by atoms with Gasteiger partial charge in [-0.3, -0.25) is 0 Å². The fourth-order valence-electron chi connectivity index (χ4n) is 3.80. The van der Waals surface area contributed by atoms with Crippen LogP contribution in [0.1, 0.15) is 28.0 Å². The molecular formula is C28H24N2OS. The van der Waals surface area contributed by atoms with E-state index in [1.165, 1.54) is 10.5 Å². The second kappa shape index (κ2) is 8.56. The summed E-state index contributed by atoms with van der Waals surface area (Å²) < 4.78 is 5.50. The molecule has 0 spiro atoms. The molecule has 3 nitrogen and oxygen atoms in total. The van der Waals surface area contributed by atoms with Crippen LogP contribution in [-0.4, -0.2) is 17.7 Å². The quantitative estimate of drug-likeness (QED) is 0.289. The second-order valence-corrected chi connectivity index (χ2v) is 9.07. The Morgan fingerprint density at radius 1 is 0.969 bits per heavy atom. The summed E-state index contributed by atoms with van der Waals surface area (Å²) in [6, 6.07) is 27.4. The Kier molecular flexibility index (Phi) is 5.46. The average molecular weight is 437 g/mol. The third-order valence-electron chi connectivity index (χ3n) is 5.65. The van der Waals surface area contributed by atoms with Gasteiger partial charge in [-0.25, -0.2) is 4.99 Å². The van der Waals surface area contributed by atoms with E-state index >= 15 is 0 Å². The zero-order chi connectivity index (χ0) is 22.1. The molecular weight excluding hydrogens is 412 g/mol. The topological polar surface area (TPSA) is 28.7 Å². The van der Waals surface area contributed by atoms with Crippen LogP contribution in [0.2, 0.25) is 0 Å². The van der Waals surface area contributed by atoms with E-state index in [0.717, 1.165) is 44.4 Å². The summed E-state index contributed by atoms with van der Waals surface area (Å²) in [6.45, 7) is 7.11. The SMILES string of the molecule is C=C(c1ccc2c(c1)N=C(c1ccc(C)cc1)c1ccccc1S2)N(C)Cc1ccco1. The Bertz CT molecular complexity index is 1300. The molecule has 5 rings (SSSR count). The molecule has 4 heteroatoms. The Morgan fingerprint density at radius 3 is 2.56 bits per heavy atom. The first kappa shape index (κ1) is 20.4. The van der Waals surface area contributed by atoms with Crippen LogP contribution in [0, 0.1) is 6.92 Å². The van der Waals surface area contributed by atoms with E-state index < -0.39 is 0 Å². The molecule has 0 saturated carbocycles. The minimum absolute atomic E-state index is 0.668. The molecule has 3 aromatic carbocycles. The third kappa shape index (κ3) is 4.02. The lowest BCUT2D eigenvalue weighted by Crippen LogP contribution is -2.15. The van der Waals surface area contributed by atoms with E-state index in [1.807, 2.05) is 19.2 Å². The first-order valence-electron chi connectivity index (χ1n) is 10.6. The smallest absolute Gasteiger partial charge is 0.123 e. The highest BCUT2D eigenvalue weighted by Gasteiger charge is 2.19. The van der Waals surface area contributed by atoms with Gasteiger partial charge in [-0.2, -0.15) is 0 Å². The van der Waals surface area contributed by atoms with E-state index in [0.29, 0.717) is 6.54 Å². The number of furan rings is 1. The molecule has 0 aliphatic carbocycles. The number of hydrogen-bond acceptors (Lipinski definition) is 4. The van der Waals surface area contributed by atoms with Gasteiger partial charge in [0.25, 0.3) is 0 Å². The first-order valence-corrected chi connectivity index (χ1v) is 11.4. The minimum atomic E-state index is 0.668. The summed E-state index contributed by atoms with van der Waals surface area (Å²) in [7, 11) is 2.03. The summed E-state index contributed by atoms with van der Waals surface area (Å²) in [5.41, 5.74) is 7.47. The predicted molar refractivity (Wildman–Crippen MR) is 133 cm³/mol. The van der Waals surface area contributed by atoms with E-state index in [9.17, 15) is 0 Å². The average Bonchev–Trinajstić information content (AvgIpc) is 3.26. The van der Waals surface area contributed by atoms with Crippen molar-refractivity contribution in [3.63, 3.8) is 0 Å². The van der Waals surface area contributed by atoms with Crippen molar-refractivity contribution in [1.29, 1.82) is 0 Å². The van der Waals surface area contributed by atoms with Crippen molar-refractivity contribution in [3.05, 3.63) is 120 Å². The van der Waals surface area contributed by atoms with Crippen LogP contribution in [0.25, 0.3) is 5.70 Å². The maximum absolute atomic E-state index is 5.50. The molecule has 32 heavy (non-hydrogen) atoms. The number of benzene rings is 3. The van der Waals surface area contributed by atoms with Crippen LogP contribution >= 0.6 is 11.8 Å². The normalized spacial score (nSPS) is 12.4. The molecule has 158 valence electrons. The Balaban J connectivity index is 1.55. The number of rotatable bonds is 5. The van der Waals surface area contributed by atoms with Crippen LogP contribution in [-0.2, 0) is 6.54 Å². The molecule has 0 amide bonds. The van der Waals surface area contributed by atoms with Crippen molar-refractivity contribution in [1.82, 2.24) is 4.90 Å². The molecule has 1 aliphatic rings. The van der Waals surface area contributed by atoms with Crippen molar-refractivity contribution in [2.24, 2.45) is 4.99 Å². The summed E-state index contributed by atoms with van der Waals surface area (Å²) in [4.78, 5) is 9.64. The number of fused-ring (bicyclic) bond motifs is 2. The molecule has 0 bridgehead atoms. The summed E-state index contributed by atoms with van der Waals surface area (Å²) in [6.07, 6.45) is 1.70. The lowest BCUT2D eigenvalue weighted by molar-refractivity contribution is 0.397. The first-order chi connectivity index (χ1) is 15.6. The lowest BCUT2D eigenvalue weighted by atomic mass is 10.0. The molecule has 1 aromatic heterocycles. The predicted octanol–water partition coefficient (Wildman–Crippen LogP) is 7.32. The van der Waals surface area contributed by atoms with Crippen molar-refractivity contribution >= 4 is 28.9 Å². The van der Waals surface area contributed by atoms with E-state index in [2.05, 4.69) is 85.1 Å². The second-order valence-electron chi connectivity index (χ2n) is 7.99. The highest BCUT2D eigenvalue weighted by Crippen LogP contribution is 2.42. The standard InChI is InChI=1S/C28H24N2OS/c1-19-10-12-21(13-11-19)28-24-8-4-5-9-26(24)32-27-15-14-22(17-25(27)29-28)20(2)30(3)18-23-7-6-16-31-23/h4-17H,2,18H2,1,3H3. The van der Waals surface area contributed by atoms with Gasteiger partial charge in [0.1, 0.15) is 5.76 Å². The Labute approximate surface area is 193 Å². The van der Waals surface area contributed by atoms with Gasteiger partial charge in [-0.1, -0.05) is 72.4 Å². The molecule has 0 saturated heterocycles. The highest BCUT2D eigenvalue weighted by molar-refractivity contribution is 7.99. The van der Waals surface area contributed by atoms with Gasteiger partial charge >= 0.3 is 0 Å². The maximum Gasteiger partial charge on any atom is 0.123 e. The van der Waals surface area contributed by atoms with Crippen molar-refractivity contribution in [2.75, 3.05) is 7.05 Å². The Morgan fingerprint density at radius 2 is 1.78 bits per heavy atom. The molecule has 0 unspecified atom stereocenters. The van der Waals surface area contributed by atoms with Gasteiger partial charge in [0.2, 0.25) is 0 Å². The third-order valence-corrected chi connectivity index (χ3v) is 6.79. The zero-order valence-corrected chi connectivity index (χ0v) is 19.0. The van der Waals surface area contributed by atoms with Crippen LogP contribution in [0.3, 0.4) is 0 Å². The molecule has 0 fully saturated rings. The monoisotopic (exact) mass is 436 g/mol. The van der Waals surface area contributed by atoms with Crippen LogP contribution < -0.4 is 0 Å². The molecule has 2 heterocycles. The number of aliphatic imine (C=N–C) groups is 1. The number of nitrogens with zero attached hydrogens (tertiary/aromatic N) is 2. The van der Waals surface area contributed by atoms with E-state index in [4.69, 9.17) is 9.41 Å². The fourth-order valence-corrected chi connectivity index (χ4v) is 4.81. The van der Waals surface area contributed by atoms with E-state index in [1.54, 1.807) is 18.0 Å². The highest BCUT2D eigenvalue weighted by atomic mass is 32.2. The van der Waals surface area contributed by atoms with Gasteiger partial charge in [0.05, 0.1) is 24.2 Å². The fraction of sp³-hybridized carbons (Fsp3) is 0.107. The summed E-state index contributed by atoms with van der Waals surface area (Å²) in [5.74, 6) is 0.911. The Hall–Kier alpha value is -3.50. The summed E-state index contributed by atoms with van der Waals surface area (Å²) in [5, 5.41) is 0. The molecule has 0 N–H and O–H groups in total. The lowest BCUT2D eigenvalue weighted by Gasteiger charge is -2.21. The van der Waals surface area contributed by atoms with Gasteiger partial charge in [0, 0.05) is 33.7 Å². The van der Waals surface area contributed by atoms with Gasteiger partial charge in [0.15, 0.2) is 0 Å². The molecule has 1 aliphatic heterocycles. The molecule has 0 radical (unpaired) electrons. The summed E-state index contributed by atoms with van der Waals surface area (Å²) >= 11 is 1.76.